The molecule has 0 amide bonds. The third kappa shape index (κ3) is 7.48. The van der Waals surface area contributed by atoms with Crippen molar-refractivity contribution in [2.75, 3.05) is 7.05 Å². The summed E-state index contributed by atoms with van der Waals surface area (Å²) in [5.41, 5.74) is 0. The summed E-state index contributed by atoms with van der Waals surface area (Å²) in [5, 5.41) is 21.9. The summed E-state index contributed by atoms with van der Waals surface area (Å²) in [6, 6.07) is 1.14. The van der Waals surface area contributed by atoms with Gasteiger partial charge in [0.2, 0.25) is 0 Å². The number of halogens is 3. The van der Waals surface area contributed by atoms with Crippen molar-refractivity contribution >= 4 is 11.9 Å². The molecule has 3 atom stereocenters. The van der Waals surface area contributed by atoms with Crippen LogP contribution < -0.4 is 10.6 Å². The first-order valence-corrected chi connectivity index (χ1v) is 8.11. The van der Waals surface area contributed by atoms with E-state index in [-0.39, 0.29) is 6.04 Å². The summed E-state index contributed by atoms with van der Waals surface area (Å²) in [5.74, 6) is -2.76. The third-order valence-corrected chi connectivity index (χ3v) is 4.43. The lowest BCUT2D eigenvalue weighted by atomic mass is 9.96. The number of hydrogen-bond donors (Lipinski definition) is 4. The molecule has 0 aromatic heterocycles. The van der Waals surface area contributed by atoms with E-state index >= 15 is 0 Å². The zero-order valence-corrected chi connectivity index (χ0v) is 13.6. The molecule has 140 valence electrons. The standard InChI is InChI=1S/C7H15N.C6H9NO2.C2HF3O2/c1-8-7-5-3-2-4-6-7;8-6(9)5-2-3-1-4(3)7-5;3-2(4,5)1(6)7/h7-8H,2-6H2,1H3;3-5,7H,1-2H2,(H,8,9);(H,6,7)/t;3-,4-,5+;/m.1./s1. The highest BCUT2D eigenvalue weighted by atomic mass is 19.4. The number of fused-ring (bicyclic) bond motifs is 1. The molecule has 1 saturated heterocycles. The number of aliphatic carboxylic acids is 2. The van der Waals surface area contributed by atoms with Crippen LogP contribution in [0.4, 0.5) is 13.2 Å². The topological polar surface area (TPSA) is 98.7 Å². The molecule has 0 aromatic rings. The van der Waals surface area contributed by atoms with E-state index in [0.29, 0.717) is 12.0 Å². The third-order valence-electron chi connectivity index (χ3n) is 4.43. The van der Waals surface area contributed by atoms with Gasteiger partial charge in [0.15, 0.2) is 0 Å². The second-order valence-electron chi connectivity index (χ2n) is 6.32. The number of carbonyl (C=O) groups is 2. The molecule has 1 aliphatic heterocycles. The maximum atomic E-state index is 10.6. The van der Waals surface area contributed by atoms with Gasteiger partial charge in [0.05, 0.1) is 0 Å². The summed E-state index contributed by atoms with van der Waals surface area (Å²) in [6.07, 6.45) is 4.09. The van der Waals surface area contributed by atoms with E-state index in [4.69, 9.17) is 15.0 Å². The summed E-state index contributed by atoms with van der Waals surface area (Å²) in [4.78, 5) is 19.2. The van der Waals surface area contributed by atoms with E-state index in [0.717, 1.165) is 12.5 Å². The van der Waals surface area contributed by atoms with Crippen LogP contribution >= 0.6 is 0 Å². The monoisotopic (exact) mass is 354 g/mol. The number of alkyl halides is 3. The SMILES string of the molecule is CNC1CCCCC1.O=C(O)C(F)(F)F.O=C(O)[C@@H]1C[C@H]2C[C@H]2N1. The molecule has 2 saturated carbocycles. The highest BCUT2D eigenvalue weighted by Gasteiger charge is 2.47. The Morgan fingerprint density at radius 2 is 1.62 bits per heavy atom. The number of carboxylic acids is 2. The van der Waals surface area contributed by atoms with Crippen LogP contribution in [-0.4, -0.2) is 53.5 Å². The van der Waals surface area contributed by atoms with Crippen LogP contribution in [0.1, 0.15) is 44.9 Å². The Kier molecular flexibility index (Phi) is 7.95. The van der Waals surface area contributed by atoms with Crippen LogP contribution in [0.3, 0.4) is 0 Å². The molecule has 24 heavy (non-hydrogen) atoms. The number of rotatable bonds is 2. The van der Waals surface area contributed by atoms with Gasteiger partial charge in [-0.05, 0) is 38.6 Å². The van der Waals surface area contributed by atoms with Gasteiger partial charge in [-0.3, -0.25) is 4.79 Å². The molecule has 3 aliphatic rings. The largest absolute Gasteiger partial charge is 0.490 e. The summed E-state index contributed by atoms with van der Waals surface area (Å²) >= 11 is 0. The zero-order chi connectivity index (χ0) is 18.3. The molecule has 0 spiro atoms. The molecule has 3 fully saturated rings. The fourth-order valence-electron chi connectivity index (χ4n) is 2.90. The van der Waals surface area contributed by atoms with Gasteiger partial charge in [0.25, 0.3) is 0 Å². The Hall–Kier alpha value is -1.35. The predicted octanol–water partition coefficient (Wildman–Crippen LogP) is 1.99. The Balaban J connectivity index is 0.000000182. The van der Waals surface area contributed by atoms with E-state index in [1.807, 2.05) is 0 Å². The summed E-state index contributed by atoms with van der Waals surface area (Å²) in [7, 11) is 2.07. The second kappa shape index (κ2) is 9.22. The van der Waals surface area contributed by atoms with E-state index in [9.17, 15) is 18.0 Å². The molecule has 2 aliphatic carbocycles. The molecule has 0 radical (unpaired) electrons. The molecule has 0 aromatic carbocycles. The van der Waals surface area contributed by atoms with E-state index in [2.05, 4.69) is 17.7 Å². The average Bonchev–Trinajstić information content (AvgIpc) is 3.14. The maximum absolute atomic E-state index is 10.6. The van der Waals surface area contributed by atoms with E-state index in [1.165, 1.54) is 38.5 Å². The second-order valence-corrected chi connectivity index (χ2v) is 6.32. The highest BCUT2D eigenvalue weighted by Crippen LogP contribution is 2.40. The number of carboxylic acid groups (broad SMARTS) is 2. The van der Waals surface area contributed by atoms with Crippen LogP contribution in [0.15, 0.2) is 0 Å². The van der Waals surface area contributed by atoms with Gasteiger partial charge < -0.3 is 20.8 Å². The van der Waals surface area contributed by atoms with Gasteiger partial charge in [0, 0.05) is 12.1 Å². The number of piperidine rings is 1. The lowest BCUT2D eigenvalue weighted by Crippen LogP contribution is -2.33. The Labute approximate surface area is 138 Å². The Morgan fingerprint density at radius 1 is 1.08 bits per heavy atom. The van der Waals surface area contributed by atoms with Gasteiger partial charge in [0.1, 0.15) is 6.04 Å². The molecule has 1 heterocycles. The van der Waals surface area contributed by atoms with Crippen molar-refractivity contribution < 1.29 is 33.0 Å². The maximum Gasteiger partial charge on any atom is 0.490 e. The molecule has 0 unspecified atom stereocenters. The quantitative estimate of drug-likeness (QED) is 0.605. The molecular formula is C15H25F3N2O4. The Morgan fingerprint density at radius 3 is 1.88 bits per heavy atom. The van der Waals surface area contributed by atoms with Gasteiger partial charge in [-0.1, -0.05) is 19.3 Å². The van der Waals surface area contributed by atoms with Crippen molar-refractivity contribution in [3.8, 4) is 0 Å². The molecule has 4 N–H and O–H groups in total. The van der Waals surface area contributed by atoms with Gasteiger partial charge in [-0.2, -0.15) is 13.2 Å². The molecule has 6 nitrogen and oxygen atoms in total. The van der Waals surface area contributed by atoms with Crippen LogP contribution in [0, 0.1) is 5.92 Å². The smallest absolute Gasteiger partial charge is 0.480 e. The minimum atomic E-state index is -5.08. The first-order valence-electron chi connectivity index (χ1n) is 8.11. The van der Waals surface area contributed by atoms with Crippen LogP contribution in [0.5, 0.6) is 0 Å². The van der Waals surface area contributed by atoms with Gasteiger partial charge >= 0.3 is 18.1 Å². The lowest BCUT2D eigenvalue weighted by Gasteiger charge is -2.20. The van der Waals surface area contributed by atoms with Crippen molar-refractivity contribution in [3.05, 3.63) is 0 Å². The van der Waals surface area contributed by atoms with E-state index < -0.39 is 18.1 Å². The van der Waals surface area contributed by atoms with Crippen molar-refractivity contribution in [1.82, 2.24) is 10.6 Å². The van der Waals surface area contributed by atoms with Crippen molar-refractivity contribution in [2.24, 2.45) is 5.92 Å². The number of hydrogen-bond acceptors (Lipinski definition) is 4. The van der Waals surface area contributed by atoms with Crippen LogP contribution in [-0.2, 0) is 9.59 Å². The Bertz CT molecular complexity index is 415. The molecule has 9 heteroatoms. The molecule has 0 bridgehead atoms. The van der Waals surface area contributed by atoms with Crippen molar-refractivity contribution in [1.29, 1.82) is 0 Å². The van der Waals surface area contributed by atoms with Crippen molar-refractivity contribution in [2.45, 2.75) is 69.2 Å². The predicted molar refractivity (Wildman–Crippen MR) is 80.7 cm³/mol. The average molecular weight is 354 g/mol. The fourth-order valence-corrected chi connectivity index (χ4v) is 2.90. The molecular weight excluding hydrogens is 329 g/mol. The first kappa shape index (κ1) is 20.7. The lowest BCUT2D eigenvalue weighted by molar-refractivity contribution is -0.192. The van der Waals surface area contributed by atoms with Crippen LogP contribution in [0.2, 0.25) is 0 Å². The van der Waals surface area contributed by atoms with Gasteiger partial charge in [-0.15, -0.1) is 0 Å². The van der Waals surface area contributed by atoms with Crippen molar-refractivity contribution in [3.63, 3.8) is 0 Å². The first-order chi connectivity index (χ1) is 11.1. The van der Waals surface area contributed by atoms with E-state index in [1.54, 1.807) is 0 Å². The summed E-state index contributed by atoms with van der Waals surface area (Å²) < 4.78 is 31.7. The fraction of sp³-hybridized carbons (Fsp3) is 0.867. The number of nitrogens with one attached hydrogen (secondary N) is 2. The van der Waals surface area contributed by atoms with Crippen LogP contribution in [0.25, 0.3) is 0 Å². The highest BCUT2D eigenvalue weighted by molar-refractivity contribution is 5.74. The summed E-state index contributed by atoms with van der Waals surface area (Å²) in [6.45, 7) is 0. The normalized spacial score (nSPS) is 28.6. The molecule has 3 rings (SSSR count). The minimum Gasteiger partial charge on any atom is -0.480 e. The zero-order valence-electron chi connectivity index (χ0n) is 13.6. The minimum absolute atomic E-state index is 0.242. The van der Waals surface area contributed by atoms with Gasteiger partial charge in [-0.25, -0.2) is 4.79 Å².